The molecule has 4 nitrogen and oxygen atoms in total. The van der Waals surface area contributed by atoms with Crippen LogP contribution in [-0.2, 0) is 6.42 Å². The van der Waals surface area contributed by atoms with Gasteiger partial charge in [-0.3, -0.25) is 0 Å². The molecule has 1 aliphatic rings. The molecular formula is C10H16N2O2. The highest BCUT2D eigenvalue weighted by atomic mass is 16.5. The molecule has 78 valence electrons. The third kappa shape index (κ3) is 2.12. The zero-order valence-corrected chi connectivity index (χ0v) is 8.60. The van der Waals surface area contributed by atoms with Crippen molar-refractivity contribution in [2.45, 2.75) is 45.1 Å². The molecular weight excluding hydrogens is 180 g/mol. The summed E-state index contributed by atoms with van der Waals surface area (Å²) >= 11 is 0. The van der Waals surface area contributed by atoms with Crippen LogP contribution in [0.4, 0.5) is 0 Å². The molecule has 0 aliphatic heterocycles. The van der Waals surface area contributed by atoms with Crippen LogP contribution in [0.3, 0.4) is 0 Å². The summed E-state index contributed by atoms with van der Waals surface area (Å²) in [5.74, 6) is 2.12. The van der Waals surface area contributed by atoms with Crippen molar-refractivity contribution in [2.75, 3.05) is 0 Å². The van der Waals surface area contributed by atoms with E-state index in [1.54, 1.807) is 0 Å². The minimum atomic E-state index is -0.387. The maximum Gasteiger partial charge on any atom is 0.229 e. The van der Waals surface area contributed by atoms with Crippen molar-refractivity contribution in [3.63, 3.8) is 0 Å². The smallest absolute Gasteiger partial charge is 0.229 e. The number of rotatable bonds is 4. The van der Waals surface area contributed by atoms with Gasteiger partial charge in [-0.25, -0.2) is 0 Å². The van der Waals surface area contributed by atoms with Crippen LogP contribution < -0.4 is 0 Å². The zero-order chi connectivity index (χ0) is 10.1. The van der Waals surface area contributed by atoms with Crippen molar-refractivity contribution in [1.29, 1.82) is 0 Å². The van der Waals surface area contributed by atoms with Gasteiger partial charge in [0.05, 0.1) is 12.5 Å². The Hall–Kier alpha value is -0.900. The quantitative estimate of drug-likeness (QED) is 0.793. The van der Waals surface area contributed by atoms with Gasteiger partial charge in [0.1, 0.15) is 0 Å². The number of aromatic nitrogens is 2. The van der Waals surface area contributed by atoms with Crippen LogP contribution >= 0.6 is 0 Å². The monoisotopic (exact) mass is 196 g/mol. The fourth-order valence-corrected chi connectivity index (χ4v) is 1.27. The van der Waals surface area contributed by atoms with Crippen molar-refractivity contribution in [3.8, 4) is 0 Å². The third-order valence-electron chi connectivity index (χ3n) is 2.58. The fourth-order valence-electron chi connectivity index (χ4n) is 1.27. The highest BCUT2D eigenvalue weighted by Crippen LogP contribution is 2.38. The fraction of sp³-hybridized carbons (Fsp3) is 0.800. The summed E-state index contributed by atoms with van der Waals surface area (Å²) in [6.45, 7) is 3.95. The maximum atomic E-state index is 9.62. The van der Waals surface area contributed by atoms with Crippen molar-refractivity contribution in [1.82, 2.24) is 10.1 Å². The van der Waals surface area contributed by atoms with E-state index in [4.69, 9.17) is 4.52 Å². The Labute approximate surface area is 83.3 Å². The molecule has 1 heterocycles. The molecule has 0 spiro atoms. The largest absolute Gasteiger partial charge is 0.392 e. The third-order valence-corrected chi connectivity index (χ3v) is 2.58. The Morgan fingerprint density at radius 2 is 2.21 bits per heavy atom. The lowest BCUT2D eigenvalue weighted by atomic mass is 10.0. The van der Waals surface area contributed by atoms with E-state index in [-0.39, 0.29) is 12.0 Å². The molecule has 0 bridgehead atoms. The van der Waals surface area contributed by atoms with Crippen LogP contribution in [0.25, 0.3) is 0 Å². The minimum absolute atomic E-state index is 0.228. The zero-order valence-electron chi connectivity index (χ0n) is 8.60. The van der Waals surface area contributed by atoms with Gasteiger partial charge in [0.25, 0.3) is 0 Å². The van der Waals surface area contributed by atoms with E-state index in [0.29, 0.717) is 18.2 Å². The lowest BCUT2D eigenvalue weighted by Crippen LogP contribution is -2.17. The van der Waals surface area contributed by atoms with Gasteiger partial charge in [0.15, 0.2) is 5.82 Å². The van der Waals surface area contributed by atoms with Crippen molar-refractivity contribution < 1.29 is 9.63 Å². The molecule has 1 aromatic heterocycles. The summed E-state index contributed by atoms with van der Waals surface area (Å²) in [6, 6.07) is 0. The Morgan fingerprint density at radius 3 is 2.79 bits per heavy atom. The number of nitrogens with zero attached hydrogens (tertiary/aromatic N) is 2. The predicted octanol–water partition coefficient (Wildman–Crippen LogP) is 1.51. The molecule has 1 aliphatic carbocycles. The van der Waals surface area contributed by atoms with E-state index in [0.717, 1.165) is 5.82 Å². The van der Waals surface area contributed by atoms with E-state index in [9.17, 15) is 5.11 Å². The van der Waals surface area contributed by atoms with Gasteiger partial charge >= 0.3 is 0 Å². The van der Waals surface area contributed by atoms with Crippen LogP contribution in [0.2, 0.25) is 0 Å². The molecule has 1 saturated carbocycles. The molecule has 4 heteroatoms. The Balaban J connectivity index is 1.95. The minimum Gasteiger partial charge on any atom is -0.392 e. The average Bonchev–Trinajstić information content (AvgIpc) is 2.88. The molecule has 14 heavy (non-hydrogen) atoms. The molecule has 0 aromatic carbocycles. The molecule has 1 N–H and O–H groups in total. The molecule has 0 saturated heterocycles. The van der Waals surface area contributed by atoms with Crippen LogP contribution in [-0.4, -0.2) is 21.4 Å². The summed E-state index contributed by atoms with van der Waals surface area (Å²) in [5, 5.41) is 13.5. The van der Waals surface area contributed by atoms with E-state index >= 15 is 0 Å². The normalized spacial score (nSPS) is 18.9. The molecule has 2 rings (SSSR count). The van der Waals surface area contributed by atoms with Gasteiger partial charge in [-0.2, -0.15) is 4.98 Å². The van der Waals surface area contributed by atoms with Gasteiger partial charge in [-0.05, 0) is 18.8 Å². The second kappa shape index (κ2) is 3.69. The Bertz CT molecular complexity index is 305. The van der Waals surface area contributed by atoms with Gasteiger partial charge in [-0.15, -0.1) is 0 Å². The Kier molecular flexibility index (Phi) is 2.54. The molecule has 1 unspecified atom stereocenters. The van der Waals surface area contributed by atoms with E-state index in [2.05, 4.69) is 10.1 Å². The summed E-state index contributed by atoms with van der Waals surface area (Å²) in [4.78, 5) is 4.26. The van der Waals surface area contributed by atoms with Crippen LogP contribution in [0.5, 0.6) is 0 Å². The molecule has 1 fully saturated rings. The molecule has 1 atom stereocenters. The Morgan fingerprint density at radius 1 is 1.50 bits per heavy atom. The van der Waals surface area contributed by atoms with Crippen molar-refractivity contribution in [3.05, 3.63) is 11.7 Å². The predicted molar refractivity (Wildman–Crippen MR) is 50.8 cm³/mol. The van der Waals surface area contributed by atoms with Crippen molar-refractivity contribution in [2.24, 2.45) is 5.92 Å². The van der Waals surface area contributed by atoms with Crippen LogP contribution in [0, 0.1) is 5.92 Å². The molecule has 0 amide bonds. The van der Waals surface area contributed by atoms with Gasteiger partial charge < -0.3 is 9.63 Å². The molecule has 1 aromatic rings. The second-order valence-corrected chi connectivity index (χ2v) is 4.34. The first-order valence-corrected chi connectivity index (χ1v) is 5.17. The van der Waals surface area contributed by atoms with E-state index < -0.39 is 0 Å². The van der Waals surface area contributed by atoms with E-state index in [1.807, 2.05) is 13.8 Å². The lowest BCUT2D eigenvalue weighted by molar-refractivity contribution is 0.116. The van der Waals surface area contributed by atoms with Gasteiger partial charge in [-0.1, -0.05) is 19.0 Å². The number of aliphatic hydroxyl groups is 1. The highest BCUT2D eigenvalue weighted by molar-refractivity contribution is 5.03. The van der Waals surface area contributed by atoms with Crippen LogP contribution in [0.15, 0.2) is 4.52 Å². The summed E-state index contributed by atoms with van der Waals surface area (Å²) < 4.78 is 5.07. The molecule has 0 radical (unpaired) electrons. The lowest BCUT2D eigenvalue weighted by Gasteiger charge is -2.10. The van der Waals surface area contributed by atoms with Gasteiger partial charge in [0.2, 0.25) is 5.89 Å². The van der Waals surface area contributed by atoms with Gasteiger partial charge in [0, 0.05) is 5.92 Å². The summed E-state index contributed by atoms with van der Waals surface area (Å²) in [7, 11) is 0. The average molecular weight is 196 g/mol. The van der Waals surface area contributed by atoms with Crippen molar-refractivity contribution >= 4 is 0 Å². The number of aliphatic hydroxyl groups excluding tert-OH is 1. The second-order valence-electron chi connectivity index (χ2n) is 4.34. The first kappa shape index (κ1) is 9.65. The van der Waals surface area contributed by atoms with E-state index in [1.165, 1.54) is 12.8 Å². The first-order valence-electron chi connectivity index (χ1n) is 5.17. The first-order chi connectivity index (χ1) is 6.66. The van der Waals surface area contributed by atoms with Crippen LogP contribution in [0.1, 0.15) is 44.3 Å². The topological polar surface area (TPSA) is 59.2 Å². The summed E-state index contributed by atoms with van der Waals surface area (Å²) in [5.41, 5.74) is 0. The maximum absolute atomic E-state index is 9.62. The summed E-state index contributed by atoms with van der Waals surface area (Å²) in [6.07, 6.45) is 2.43. The highest BCUT2D eigenvalue weighted by Gasteiger charge is 2.29. The number of hydrogen-bond donors (Lipinski definition) is 1. The SMILES string of the molecule is CC(C)C(O)Cc1nc(C2CC2)no1. The number of hydrogen-bond acceptors (Lipinski definition) is 4. The standard InChI is InChI=1S/C10H16N2O2/c1-6(2)8(13)5-9-11-10(12-14-9)7-3-4-7/h6-8,13H,3-5H2,1-2H3.